The Labute approximate surface area is 191 Å². The number of benzene rings is 3. The minimum absolute atomic E-state index is 0.250. The average Bonchev–Trinajstić information content (AvgIpc) is 3.33. The molecule has 3 aromatic carbocycles. The van der Waals surface area contributed by atoms with Gasteiger partial charge in [-0.2, -0.15) is 5.10 Å². The third-order valence-electron chi connectivity index (χ3n) is 5.37. The molecule has 0 saturated heterocycles. The second-order valence-corrected chi connectivity index (χ2v) is 7.74. The van der Waals surface area contributed by atoms with Gasteiger partial charge in [0.1, 0.15) is 18.2 Å². The van der Waals surface area contributed by atoms with Crippen molar-refractivity contribution in [2.24, 2.45) is 0 Å². The number of hydrogen-bond donors (Lipinski definition) is 0. The molecule has 0 fully saturated rings. The lowest BCUT2D eigenvalue weighted by molar-refractivity contribution is 0.301. The van der Waals surface area contributed by atoms with Gasteiger partial charge in [0.05, 0.1) is 17.9 Å². The number of nitrogens with zero attached hydrogens (tertiary/aromatic N) is 3. The van der Waals surface area contributed by atoms with Crippen molar-refractivity contribution in [2.75, 3.05) is 0 Å². The summed E-state index contributed by atoms with van der Waals surface area (Å²) in [5, 5.41) is 4.59. The molecule has 5 aromatic rings. The molecule has 0 spiro atoms. The first-order valence-corrected chi connectivity index (χ1v) is 10.7. The number of aromatic nitrogens is 3. The number of pyridine rings is 1. The summed E-state index contributed by atoms with van der Waals surface area (Å²) in [5.74, 6) is 0.542. The number of rotatable bonds is 7. The topological polar surface area (TPSA) is 39.9 Å². The summed E-state index contributed by atoms with van der Waals surface area (Å²) < 4.78 is 20.9. The Balaban J connectivity index is 1.17. The fraction of sp³-hybridized carbons (Fsp3) is 0.0714. The van der Waals surface area contributed by atoms with Gasteiger partial charge in [0.15, 0.2) is 0 Å². The molecule has 0 bridgehead atoms. The first-order valence-electron chi connectivity index (χ1n) is 10.7. The van der Waals surface area contributed by atoms with Crippen molar-refractivity contribution < 1.29 is 9.13 Å². The van der Waals surface area contributed by atoms with Crippen molar-refractivity contribution in [3.63, 3.8) is 0 Å². The highest BCUT2D eigenvalue weighted by molar-refractivity contribution is 5.62. The highest BCUT2D eigenvalue weighted by Gasteiger charge is 2.05. The molecule has 0 atom stereocenters. The van der Waals surface area contributed by atoms with E-state index in [1.54, 1.807) is 12.1 Å². The summed E-state index contributed by atoms with van der Waals surface area (Å²) in [4.78, 5) is 4.52. The van der Waals surface area contributed by atoms with Crippen LogP contribution in [0, 0.1) is 5.82 Å². The van der Waals surface area contributed by atoms with E-state index in [9.17, 15) is 4.39 Å². The minimum atomic E-state index is -0.250. The molecule has 4 nitrogen and oxygen atoms in total. The molecule has 2 aromatic heterocycles. The Morgan fingerprint density at radius 2 is 1.48 bits per heavy atom. The van der Waals surface area contributed by atoms with Crippen LogP contribution in [0.2, 0.25) is 0 Å². The Bertz CT molecular complexity index is 1310. The average molecular weight is 436 g/mol. The molecule has 0 N–H and O–H groups in total. The Hall–Kier alpha value is -4.25. The van der Waals surface area contributed by atoms with Crippen LogP contribution in [0.5, 0.6) is 5.75 Å². The Kier molecular flexibility index (Phi) is 5.93. The van der Waals surface area contributed by atoms with E-state index < -0.39 is 0 Å². The van der Waals surface area contributed by atoms with Crippen LogP contribution in [-0.2, 0) is 13.2 Å². The first-order chi connectivity index (χ1) is 16.2. The van der Waals surface area contributed by atoms with Gasteiger partial charge < -0.3 is 4.74 Å². The van der Waals surface area contributed by atoms with E-state index in [2.05, 4.69) is 28.3 Å². The molecular formula is C28H22FN3O. The maximum absolute atomic E-state index is 13.1. The van der Waals surface area contributed by atoms with Gasteiger partial charge >= 0.3 is 0 Å². The van der Waals surface area contributed by atoms with E-state index in [0.717, 1.165) is 39.4 Å². The second-order valence-electron chi connectivity index (χ2n) is 7.74. The molecule has 0 aliphatic rings. The van der Waals surface area contributed by atoms with Crippen LogP contribution in [0.15, 0.2) is 109 Å². The third-order valence-corrected chi connectivity index (χ3v) is 5.37. The highest BCUT2D eigenvalue weighted by Crippen LogP contribution is 2.20. The SMILES string of the molecule is Fc1ccc(-c2ccn(Cc3ccc(OCc4ccc(-c5ccccc5)cn4)cc3)n2)cc1. The van der Waals surface area contributed by atoms with Crippen LogP contribution >= 0.6 is 0 Å². The van der Waals surface area contributed by atoms with E-state index in [4.69, 9.17) is 4.74 Å². The molecular weight excluding hydrogens is 413 g/mol. The molecule has 0 saturated carbocycles. The van der Waals surface area contributed by atoms with Crippen molar-refractivity contribution in [2.45, 2.75) is 13.2 Å². The van der Waals surface area contributed by atoms with Gasteiger partial charge in [-0.05, 0) is 59.7 Å². The first kappa shape index (κ1) is 20.6. The van der Waals surface area contributed by atoms with Crippen LogP contribution in [0.1, 0.15) is 11.3 Å². The molecule has 0 unspecified atom stereocenters. The van der Waals surface area contributed by atoms with Gasteiger partial charge in [-0.1, -0.05) is 48.5 Å². The van der Waals surface area contributed by atoms with Crippen molar-refractivity contribution in [1.29, 1.82) is 0 Å². The van der Waals surface area contributed by atoms with Gasteiger partial charge in [0, 0.05) is 23.5 Å². The molecule has 0 amide bonds. The smallest absolute Gasteiger partial charge is 0.130 e. The maximum Gasteiger partial charge on any atom is 0.130 e. The lowest BCUT2D eigenvalue weighted by Crippen LogP contribution is -2.01. The van der Waals surface area contributed by atoms with Crippen molar-refractivity contribution in [1.82, 2.24) is 14.8 Å². The van der Waals surface area contributed by atoms with Gasteiger partial charge in [-0.25, -0.2) is 4.39 Å². The predicted octanol–water partition coefficient (Wildman–Crippen LogP) is 6.38. The molecule has 2 heterocycles. The summed E-state index contributed by atoms with van der Waals surface area (Å²) in [7, 11) is 0. The highest BCUT2D eigenvalue weighted by atomic mass is 19.1. The van der Waals surface area contributed by atoms with Crippen molar-refractivity contribution in [3.8, 4) is 28.1 Å². The summed E-state index contributed by atoms with van der Waals surface area (Å²) in [5.41, 5.74) is 5.94. The van der Waals surface area contributed by atoms with Crippen LogP contribution in [0.4, 0.5) is 4.39 Å². The number of halogens is 1. The van der Waals surface area contributed by atoms with Crippen LogP contribution in [0.3, 0.4) is 0 Å². The summed E-state index contributed by atoms with van der Waals surface area (Å²) in [6, 6.07) is 30.5. The summed E-state index contributed by atoms with van der Waals surface area (Å²) in [6.07, 6.45) is 3.80. The molecule has 162 valence electrons. The minimum Gasteiger partial charge on any atom is -0.487 e. The van der Waals surface area contributed by atoms with Gasteiger partial charge in [-0.15, -0.1) is 0 Å². The van der Waals surface area contributed by atoms with Gasteiger partial charge in [0.2, 0.25) is 0 Å². The zero-order valence-electron chi connectivity index (χ0n) is 17.9. The molecule has 33 heavy (non-hydrogen) atoms. The Morgan fingerprint density at radius 1 is 0.727 bits per heavy atom. The second kappa shape index (κ2) is 9.49. The van der Waals surface area contributed by atoms with E-state index in [-0.39, 0.29) is 5.82 Å². The van der Waals surface area contributed by atoms with Crippen LogP contribution < -0.4 is 4.74 Å². The van der Waals surface area contributed by atoms with E-state index >= 15 is 0 Å². The fourth-order valence-electron chi connectivity index (χ4n) is 3.57. The molecule has 5 rings (SSSR count). The normalized spacial score (nSPS) is 10.8. The van der Waals surface area contributed by atoms with E-state index in [1.807, 2.05) is 71.7 Å². The summed E-state index contributed by atoms with van der Waals surface area (Å²) in [6.45, 7) is 1.05. The zero-order valence-corrected chi connectivity index (χ0v) is 17.9. The molecule has 0 aliphatic heterocycles. The molecule has 5 heteroatoms. The van der Waals surface area contributed by atoms with Gasteiger partial charge in [0.25, 0.3) is 0 Å². The largest absolute Gasteiger partial charge is 0.487 e. The monoisotopic (exact) mass is 435 g/mol. The molecule has 0 aliphatic carbocycles. The maximum atomic E-state index is 13.1. The third kappa shape index (κ3) is 5.15. The molecule has 0 radical (unpaired) electrons. The number of hydrogen-bond acceptors (Lipinski definition) is 3. The van der Waals surface area contributed by atoms with Gasteiger partial charge in [-0.3, -0.25) is 9.67 Å². The summed E-state index contributed by atoms with van der Waals surface area (Å²) >= 11 is 0. The fourth-order valence-corrected chi connectivity index (χ4v) is 3.57. The predicted molar refractivity (Wildman–Crippen MR) is 127 cm³/mol. The quantitative estimate of drug-likeness (QED) is 0.298. The van der Waals surface area contributed by atoms with Crippen molar-refractivity contribution in [3.05, 3.63) is 127 Å². The van der Waals surface area contributed by atoms with E-state index in [1.165, 1.54) is 12.1 Å². The lowest BCUT2D eigenvalue weighted by Gasteiger charge is -2.08. The standard InChI is InChI=1S/C28H22FN3O/c29-25-11-8-23(9-12-25)28-16-17-32(31-28)19-21-6-14-27(15-7-21)33-20-26-13-10-24(18-30-26)22-4-2-1-3-5-22/h1-18H,19-20H2. The zero-order chi connectivity index (χ0) is 22.5. The number of ether oxygens (including phenoxy) is 1. The van der Waals surface area contributed by atoms with E-state index in [0.29, 0.717) is 13.2 Å². The van der Waals surface area contributed by atoms with Crippen molar-refractivity contribution >= 4 is 0 Å². The lowest BCUT2D eigenvalue weighted by atomic mass is 10.1. The Morgan fingerprint density at radius 3 is 2.21 bits per heavy atom. The van der Waals surface area contributed by atoms with Crippen LogP contribution in [0.25, 0.3) is 22.4 Å². The van der Waals surface area contributed by atoms with Crippen LogP contribution in [-0.4, -0.2) is 14.8 Å².